The molecule has 2 nitrogen and oxygen atoms in total. The van der Waals surface area contributed by atoms with Gasteiger partial charge >= 0.3 is 0 Å². The van der Waals surface area contributed by atoms with Gasteiger partial charge in [-0.1, -0.05) is 84.9 Å². The number of nitrogens with one attached hydrogen (secondary N) is 2. The molecule has 0 amide bonds. The van der Waals surface area contributed by atoms with Crippen molar-refractivity contribution in [3.8, 4) is 0 Å². The lowest BCUT2D eigenvalue weighted by Gasteiger charge is -2.13. The van der Waals surface area contributed by atoms with Crippen molar-refractivity contribution in [2.24, 2.45) is 0 Å². The van der Waals surface area contributed by atoms with E-state index in [1.807, 2.05) is 0 Å². The van der Waals surface area contributed by atoms with E-state index < -0.39 is 0 Å². The van der Waals surface area contributed by atoms with Crippen LogP contribution in [0.3, 0.4) is 0 Å². The average molecular weight is 406 g/mol. The monoisotopic (exact) mass is 406 g/mol. The number of fused-ring (bicyclic) bond motifs is 15. The Bertz CT molecular complexity index is 1890. The van der Waals surface area contributed by atoms with E-state index in [4.69, 9.17) is 0 Å². The molecule has 0 spiro atoms. The van der Waals surface area contributed by atoms with Crippen LogP contribution in [0.5, 0.6) is 0 Å². The van der Waals surface area contributed by atoms with E-state index in [9.17, 15) is 0 Å². The van der Waals surface area contributed by atoms with E-state index in [1.54, 1.807) is 0 Å². The molecule has 6 aromatic carbocycles. The van der Waals surface area contributed by atoms with Crippen LogP contribution in [0.1, 0.15) is 0 Å². The first kappa shape index (κ1) is 16.4. The van der Waals surface area contributed by atoms with Gasteiger partial charge in [-0.3, -0.25) is 0 Å². The van der Waals surface area contributed by atoms with Crippen LogP contribution < -0.4 is 0 Å². The van der Waals surface area contributed by atoms with Gasteiger partial charge in [-0.2, -0.15) is 0 Å². The van der Waals surface area contributed by atoms with Crippen molar-refractivity contribution in [1.29, 1.82) is 0 Å². The topological polar surface area (TPSA) is 31.6 Å². The van der Waals surface area contributed by atoms with Crippen LogP contribution in [0, 0.1) is 0 Å². The summed E-state index contributed by atoms with van der Waals surface area (Å²) in [6.07, 6.45) is 0. The maximum Gasteiger partial charge on any atom is 0.0551 e. The molecule has 0 unspecified atom stereocenters. The summed E-state index contributed by atoms with van der Waals surface area (Å²) < 4.78 is 0. The minimum Gasteiger partial charge on any atom is -0.354 e. The van der Waals surface area contributed by atoms with Crippen molar-refractivity contribution in [3.63, 3.8) is 0 Å². The highest BCUT2D eigenvalue weighted by Gasteiger charge is 2.20. The van der Waals surface area contributed by atoms with Crippen molar-refractivity contribution in [1.82, 2.24) is 9.97 Å². The Hall–Kier alpha value is -4.30. The van der Waals surface area contributed by atoms with Crippen LogP contribution in [0.4, 0.5) is 0 Å². The number of H-pyrrole nitrogens is 2. The molecule has 0 fully saturated rings. The number of aromatic nitrogens is 2. The zero-order valence-corrected chi connectivity index (χ0v) is 17.2. The van der Waals surface area contributed by atoms with Crippen molar-refractivity contribution in [3.05, 3.63) is 97.1 Å². The third-order valence-corrected chi connectivity index (χ3v) is 7.09. The summed E-state index contributed by atoms with van der Waals surface area (Å²) in [6, 6.07) is 35.0. The number of para-hydroxylation sites is 2. The van der Waals surface area contributed by atoms with Crippen LogP contribution in [-0.2, 0) is 0 Å². The van der Waals surface area contributed by atoms with Gasteiger partial charge in [0.15, 0.2) is 0 Å². The fraction of sp³-hybridized carbons (Fsp3) is 0. The predicted octanol–water partition coefficient (Wildman–Crippen LogP) is 8.42. The fourth-order valence-corrected chi connectivity index (χ4v) is 5.83. The van der Waals surface area contributed by atoms with Gasteiger partial charge in [-0.15, -0.1) is 0 Å². The zero-order chi connectivity index (χ0) is 20.8. The van der Waals surface area contributed by atoms with Crippen molar-refractivity contribution in [2.75, 3.05) is 0 Å². The Morgan fingerprint density at radius 1 is 0.312 bits per heavy atom. The van der Waals surface area contributed by atoms with Gasteiger partial charge in [-0.05, 0) is 22.9 Å². The first-order chi connectivity index (χ1) is 15.9. The van der Waals surface area contributed by atoms with E-state index in [2.05, 4.69) is 107 Å². The maximum absolute atomic E-state index is 3.75. The Balaban J connectivity index is 1.88. The summed E-state index contributed by atoms with van der Waals surface area (Å²) in [5.74, 6) is 0. The van der Waals surface area contributed by atoms with Crippen molar-refractivity contribution in [2.45, 2.75) is 0 Å². The largest absolute Gasteiger partial charge is 0.354 e. The van der Waals surface area contributed by atoms with E-state index >= 15 is 0 Å². The summed E-state index contributed by atoms with van der Waals surface area (Å²) in [5.41, 5.74) is 4.81. The molecule has 0 aliphatic rings. The molecule has 0 saturated carbocycles. The average Bonchev–Trinajstić information content (AvgIpc) is 3.43. The SMILES string of the molecule is c1ccc2c(c1)[nH]c1c3ccccc3c3c4c5ccccc5[nH]c4c4ccccc4c3c21. The second kappa shape index (κ2) is 5.68. The van der Waals surface area contributed by atoms with E-state index in [0.29, 0.717) is 0 Å². The minimum absolute atomic E-state index is 1.18. The van der Waals surface area contributed by atoms with Crippen LogP contribution in [-0.4, -0.2) is 9.97 Å². The molecular formula is C30H18N2. The van der Waals surface area contributed by atoms with Gasteiger partial charge in [0, 0.05) is 54.1 Å². The second-order valence-corrected chi connectivity index (χ2v) is 8.68. The van der Waals surface area contributed by atoms with Crippen LogP contribution >= 0.6 is 0 Å². The number of rotatable bonds is 0. The second-order valence-electron chi connectivity index (χ2n) is 8.68. The standard InChI is InChI=1S/C30H18N2/c1-3-11-19-17(9-1)25-26(28-22-14-6-8-16-24(22)31-29(19)28)18-10-2-4-12-20(18)30-27(25)21-13-5-7-15-23(21)32-30/h1-16,31-32H. The molecular weight excluding hydrogens is 388 g/mol. The van der Waals surface area contributed by atoms with Gasteiger partial charge in [0.1, 0.15) is 0 Å². The molecule has 8 rings (SSSR count). The van der Waals surface area contributed by atoms with E-state index in [-0.39, 0.29) is 0 Å². The molecule has 0 aliphatic carbocycles. The lowest BCUT2D eigenvalue weighted by Crippen LogP contribution is -1.86. The number of aromatic amines is 2. The molecule has 2 heterocycles. The quantitative estimate of drug-likeness (QED) is 0.237. The Kier molecular flexibility index (Phi) is 2.91. The normalized spacial score (nSPS) is 12.4. The van der Waals surface area contributed by atoms with Gasteiger partial charge in [-0.25, -0.2) is 0 Å². The summed E-state index contributed by atoms with van der Waals surface area (Å²) >= 11 is 0. The van der Waals surface area contributed by atoms with Crippen molar-refractivity contribution < 1.29 is 0 Å². The van der Waals surface area contributed by atoms with Crippen LogP contribution in [0.25, 0.3) is 75.9 Å². The lowest BCUT2D eigenvalue weighted by atomic mass is 9.89. The van der Waals surface area contributed by atoms with E-state index in [0.717, 1.165) is 0 Å². The molecule has 8 aromatic rings. The summed E-state index contributed by atoms with van der Waals surface area (Å²) in [7, 11) is 0. The first-order valence-corrected chi connectivity index (χ1v) is 11.1. The number of hydrogen-bond acceptors (Lipinski definition) is 0. The van der Waals surface area contributed by atoms with Crippen LogP contribution in [0.2, 0.25) is 0 Å². The Labute approximate surface area is 183 Å². The first-order valence-electron chi connectivity index (χ1n) is 11.1. The molecule has 0 radical (unpaired) electrons. The summed E-state index contributed by atoms with van der Waals surface area (Å²) in [6.45, 7) is 0. The van der Waals surface area contributed by atoms with Gasteiger partial charge in [0.05, 0.1) is 11.0 Å². The lowest BCUT2D eigenvalue weighted by molar-refractivity contribution is 1.56. The van der Waals surface area contributed by atoms with Crippen molar-refractivity contribution >= 4 is 75.9 Å². The third-order valence-electron chi connectivity index (χ3n) is 7.09. The summed E-state index contributed by atoms with van der Waals surface area (Å²) in [4.78, 5) is 7.50. The number of benzene rings is 6. The minimum atomic E-state index is 1.18. The molecule has 0 atom stereocenters. The molecule has 2 N–H and O–H groups in total. The molecule has 0 saturated heterocycles. The molecule has 0 aliphatic heterocycles. The smallest absolute Gasteiger partial charge is 0.0551 e. The molecule has 148 valence electrons. The molecule has 0 bridgehead atoms. The predicted molar refractivity (Wildman–Crippen MR) is 138 cm³/mol. The van der Waals surface area contributed by atoms with Gasteiger partial charge in [0.25, 0.3) is 0 Å². The summed E-state index contributed by atoms with van der Waals surface area (Å²) in [5, 5.41) is 13.0. The maximum atomic E-state index is 3.75. The fourth-order valence-electron chi connectivity index (χ4n) is 5.83. The van der Waals surface area contributed by atoms with E-state index in [1.165, 1.54) is 75.9 Å². The third kappa shape index (κ3) is 1.86. The molecule has 32 heavy (non-hydrogen) atoms. The van der Waals surface area contributed by atoms with Crippen LogP contribution in [0.15, 0.2) is 97.1 Å². The van der Waals surface area contributed by atoms with Gasteiger partial charge in [0.2, 0.25) is 0 Å². The Morgan fingerprint density at radius 2 is 0.656 bits per heavy atom. The molecule has 2 heteroatoms. The number of hydrogen-bond donors (Lipinski definition) is 2. The highest BCUT2D eigenvalue weighted by Crippen LogP contribution is 2.47. The zero-order valence-electron chi connectivity index (χ0n) is 17.2. The van der Waals surface area contributed by atoms with Gasteiger partial charge < -0.3 is 9.97 Å². The molecule has 2 aromatic heterocycles. The highest BCUT2D eigenvalue weighted by molar-refractivity contribution is 6.44. The highest BCUT2D eigenvalue weighted by atomic mass is 14.7. The Morgan fingerprint density at radius 3 is 1.09 bits per heavy atom.